The highest BCUT2D eigenvalue weighted by molar-refractivity contribution is 7.92. The van der Waals surface area contributed by atoms with Crippen molar-refractivity contribution in [3.05, 3.63) is 87.4 Å². The molecule has 0 fully saturated rings. The fourth-order valence-electron chi connectivity index (χ4n) is 4.37. The number of carbonyl (C=O) groups excluding carboxylic acids is 2. The number of ether oxygens (including phenoxy) is 1. The number of aliphatic hydroxyl groups is 1. The van der Waals surface area contributed by atoms with Gasteiger partial charge in [-0.25, -0.2) is 8.42 Å². The first kappa shape index (κ1) is 32.4. The van der Waals surface area contributed by atoms with Crippen LogP contribution in [-0.2, 0) is 21.0 Å². The average molecular weight is 660 g/mol. The van der Waals surface area contributed by atoms with Crippen molar-refractivity contribution in [2.24, 2.45) is 0 Å². The molecule has 1 aliphatic rings. The lowest BCUT2D eigenvalue weighted by Gasteiger charge is -2.31. The van der Waals surface area contributed by atoms with E-state index in [2.05, 4.69) is 10.6 Å². The van der Waals surface area contributed by atoms with E-state index in [0.29, 0.717) is 0 Å². The Morgan fingerprint density at radius 1 is 1.07 bits per heavy atom. The maximum absolute atomic E-state index is 13.5. The van der Waals surface area contributed by atoms with Crippen molar-refractivity contribution in [2.75, 3.05) is 30.6 Å². The molecule has 3 aromatic carbocycles. The lowest BCUT2D eigenvalue weighted by Crippen LogP contribution is -2.38. The number of sulfonamides is 1. The van der Waals surface area contributed by atoms with Crippen LogP contribution in [-0.4, -0.2) is 51.6 Å². The Morgan fingerprint density at radius 3 is 2.53 bits per heavy atom. The van der Waals surface area contributed by atoms with E-state index >= 15 is 0 Å². The molecule has 15 heteroatoms. The Balaban J connectivity index is 1.67. The molecule has 3 aromatic rings. The molecule has 2 amide bonds. The quantitative estimate of drug-likeness (QED) is 0.264. The first-order valence-electron chi connectivity index (χ1n) is 12.9. The maximum atomic E-state index is 13.5. The summed E-state index contributed by atoms with van der Waals surface area (Å²) in [6.07, 6.45) is -4.94. The molecule has 230 valence electrons. The number of carbonyl (C=O) groups is 2. The van der Waals surface area contributed by atoms with Crippen LogP contribution in [0.3, 0.4) is 0 Å². The minimum Gasteiger partial charge on any atom is -0.489 e. The number of fused-ring (bicyclic) bond motifs is 1. The van der Waals surface area contributed by atoms with E-state index in [4.69, 9.17) is 33.0 Å². The second-order valence-corrected chi connectivity index (χ2v) is 12.2. The third-order valence-electron chi connectivity index (χ3n) is 6.48. The van der Waals surface area contributed by atoms with Gasteiger partial charge in [0.25, 0.3) is 15.9 Å². The number of halogens is 5. The number of rotatable bonds is 10. The molecule has 0 aliphatic carbocycles. The van der Waals surface area contributed by atoms with Crippen LogP contribution in [0.4, 0.5) is 18.9 Å². The number of hydrogen-bond donors (Lipinski definition) is 3. The lowest BCUT2D eigenvalue weighted by atomic mass is 9.99. The molecule has 0 saturated heterocycles. The van der Waals surface area contributed by atoms with Crippen molar-refractivity contribution >= 4 is 50.7 Å². The van der Waals surface area contributed by atoms with Gasteiger partial charge in [-0.05, 0) is 66.6 Å². The van der Waals surface area contributed by atoms with Crippen molar-refractivity contribution in [2.45, 2.75) is 30.0 Å². The van der Waals surface area contributed by atoms with Gasteiger partial charge in [-0.1, -0.05) is 29.3 Å². The van der Waals surface area contributed by atoms with Gasteiger partial charge in [0.2, 0.25) is 5.91 Å². The Bertz CT molecular complexity index is 1620. The molecule has 1 atom stereocenters. The number of hydrogen-bond acceptors (Lipinski definition) is 6. The first-order valence-corrected chi connectivity index (χ1v) is 15.1. The van der Waals surface area contributed by atoms with Gasteiger partial charge in [-0.3, -0.25) is 13.9 Å². The van der Waals surface area contributed by atoms with Gasteiger partial charge >= 0.3 is 6.18 Å². The van der Waals surface area contributed by atoms with Crippen molar-refractivity contribution in [1.29, 1.82) is 0 Å². The smallest absolute Gasteiger partial charge is 0.416 e. The van der Waals surface area contributed by atoms with Crippen LogP contribution in [0, 0.1) is 0 Å². The molecule has 0 aromatic heterocycles. The van der Waals surface area contributed by atoms with Crippen LogP contribution >= 0.6 is 23.2 Å². The van der Waals surface area contributed by atoms with Gasteiger partial charge in [0.1, 0.15) is 12.4 Å². The zero-order valence-corrected chi connectivity index (χ0v) is 24.7. The second kappa shape index (κ2) is 13.4. The summed E-state index contributed by atoms with van der Waals surface area (Å²) in [6.45, 7) is -0.108. The highest BCUT2D eigenvalue weighted by atomic mass is 35.5. The fraction of sp³-hybridized carbons (Fsp3) is 0.286. The van der Waals surface area contributed by atoms with E-state index in [9.17, 15) is 31.2 Å². The number of benzene rings is 3. The van der Waals surface area contributed by atoms with E-state index in [1.165, 1.54) is 42.5 Å². The maximum Gasteiger partial charge on any atom is 0.416 e. The average Bonchev–Trinajstić information content (AvgIpc) is 2.96. The Hall–Kier alpha value is -3.52. The first-order chi connectivity index (χ1) is 20.3. The van der Waals surface area contributed by atoms with E-state index in [-0.39, 0.29) is 70.2 Å². The molecular formula is C28H26Cl2F3N3O6S. The summed E-state index contributed by atoms with van der Waals surface area (Å²) in [7, 11) is -4.12. The largest absolute Gasteiger partial charge is 0.489 e. The number of aliphatic hydroxyl groups excluding tert-OH is 1. The van der Waals surface area contributed by atoms with Crippen LogP contribution < -0.4 is 19.7 Å². The molecule has 4 rings (SSSR count). The SMILES string of the molecule is O=C(C[C@H](NC(=O)c1ccc2c(c1)N(S(=O)(=O)c1cccc(Cl)c1)CCO2)c1cc(C(F)(F)F)ccc1Cl)NCCCO. The Labute approximate surface area is 255 Å². The van der Waals surface area contributed by atoms with Crippen molar-refractivity contribution < 1.29 is 41.0 Å². The highest BCUT2D eigenvalue weighted by Crippen LogP contribution is 2.38. The summed E-state index contributed by atoms with van der Waals surface area (Å²) >= 11 is 12.2. The molecule has 9 nitrogen and oxygen atoms in total. The number of alkyl halides is 3. The van der Waals surface area contributed by atoms with E-state index in [1.54, 1.807) is 0 Å². The number of nitrogens with zero attached hydrogens (tertiary/aromatic N) is 1. The Kier molecular flexibility index (Phi) is 10.1. The highest BCUT2D eigenvalue weighted by Gasteiger charge is 2.34. The standard InChI is InChI=1S/C28H26Cl2F3N3O6S/c29-19-3-1-4-20(15-19)43(40,41)36-10-12-42-25-8-5-17(13-24(25)36)27(39)35-23(16-26(38)34-9-2-11-37)21-14-18(28(31,32)33)6-7-22(21)30/h1,3-8,13-15,23,37H,2,9-12,16H2,(H,34,38)(H,35,39)/t23-/m0/s1. The van der Waals surface area contributed by atoms with Crippen LogP contribution in [0.1, 0.15) is 40.4 Å². The molecule has 1 heterocycles. The summed E-state index contributed by atoms with van der Waals surface area (Å²) < 4.78 is 74.1. The predicted octanol–water partition coefficient (Wildman–Crippen LogP) is 4.96. The Morgan fingerprint density at radius 2 is 1.84 bits per heavy atom. The summed E-state index contributed by atoms with van der Waals surface area (Å²) in [5, 5.41) is 14.2. The normalized spacial score (nSPS) is 14.0. The van der Waals surface area contributed by atoms with E-state index < -0.39 is 46.0 Å². The van der Waals surface area contributed by atoms with Gasteiger partial charge in [-0.2, -0.15) is 13.2 Å². The predicted molar refractivity (Wildman–Crippen MR) is 154 cm³/mol. The molecule has 0 spiro atoms. The molecule has 0 saturated carbocycles. The van der Waals surface area contributed by atoms with E-state index in [1.807, 2.05) is 0 Å². The zero-order chi connectivity index (χ0) is 31.4. The minimum absolute atomic E-state index is 0.0415. The second-order valence-electron chi connectivity index (χ2n) is 9.46. The molecule has 0 radical (unpaired) electrons. The summed E-state index contributed by atoms with van der Waals surface area (Å²) in [6, 6.07) is 11.0. The third-order valence-corrected chi connectivity index (χ3v) is 8.86. The van der Waals surface area contributed by atoms with Crippen LogP contribution in [0.25, 0.3) is 0 Å². The van der Waals surface area contributed by atoms with Crippen LogP contribution in [0.5, 0.6) is 5.75 Å². The number of nitrogens with one attached hydrogen (secondary N) is 2. The molecule has 0 unspecified atom stereocenters. The van der Waals surface area contributed by atoms with Crippen LogP contribution in [0.15, 0.2) is 65.6 Å². The fourth-order valence-corrected chi connectivity index (χ4v) is 6.37. The van der Waals surface area contributed by atoms with Crippen molar-refractivity contribution in [3.63, 3.8) is 0 Å². The van der Waals surface area contributed by atoms with Crippen molar-refractivity contribution in [1.82, 2.24) is 10.6 Å². The van der Waals surface area contributed by atoms with Crippen molar-refractivity contribution in [3.8, 4) is 5.75 Å². The molecular weight excluding hydrogens is 634 g/mol. The van der Waals surface area contributed by atoms with Gasteiger partial charge in [0.15, 0.2) is 0 Å². The van der Waals surface area contributed by atoms with E-state index in [0.717, 1.165) is 22.5 Å². The lowest BCUT2D eigenvalue weighted by molar-refractivity contribution is -0.137. The molecule has 0 bridgehead atoms. The van der Waals surface area contributed by atoms with Crippen LogP contribution in [0.2, 0.25) is 10.0 Å². The molecule has 1 aliphatic heterocycles. The topological polar surface area (TPSA) is 125 Å². The molecule has 43 heavy (non-hydrogen) atoms. The monoisotopic (exact) mass is 659 g/mol. The summed E-state index contributed by atoms with van der Waals surface area (Å²) in [4.78, 5) is 26.0. The summed E-state index contributed by atoms with van der Waals surface area (Å²) in [5.41, 5.74) is -1.16. The van der Waals surface area contributed by atoms with Gasteiger partial charge in [0, 0.05) is 28.8 Å². The third kappa shape index (κ3) is 7.71. The van der Waals surface area contributed by atoms with Gasteiger partial charge in [0.05, 0.1) is 35.2 Å². The summed E-state index contributed by atoms with van der Waals surface area (Å²) in [5.74, 6) is -1.23. The minimum atomic E-state index is -4.71. The molecule has 3 N–H and O–H groups in total. The van der Waals surface area contributed by atoms with Gasteiger partial charge < -0.3 is 20.5 Å². The zero-order valence-electron chi connectivity index (χ0n) is 22.3. The number of anilines is 1. The van der Waals surface area contributed by atoms with Gasteiger partial charge in [-0.15, -0.1) is 0 Å². The number of amides is 2.